The number of nitrogens with one attached hydrogen (secondary N) is 2. The highest BCUT2D eigenvalue weighted by Gasteiger charge is 2.41. The highest BCUT2D eigenvalue weighted by Crippen LogP contribution is 2.14. The van der Waals surface area contributed by atoms with Crippen molar-refractivity contribution >= 4 is 30.0 Å². The van der Waals surface area contributed by atoms with E-state index in [1.54, 1.807) is 60.7 Å². The zero-order chi connectivity index (χ0) is 32.3. The monoisotopic (exact) mass is 615 g/mol. The highest BCUT2D eigenvalue weighted by molar-refractivity contribution is 6.04. The fourth-order valence-corrected chi connectivity index (χ4v) is 4.11. The Kier molecular flexibility index (Phi) is 15.9. The Hall–Kier alpha value is -4.53. The maximum Gasteiger partial charge on any atom is 0.408 e. The van der Waals surface area contributed by atoms with Gasteiger partial charge in [-0.1, -0.05) is 60.7 Å². The number of nitrogens with zero attached hydrogens (tertiary/aromatic N) is 1. The van der Waals surface area contributed by atoms with Gasteiger partial charge < -0.3 is 41.8 Å². The second kappa shape index (κ2) is 19.6. The van der Waals surface area contributed by atoms with Gasteiger partial charge in [-0.25, -0.2) is 19.3 Å². The van der Waals surface area contributed by atoms with Gasteiger partial charge in [-0.05, 0) is 62.7 Å². The van der Waals surface area contributed by atoms with Gasteiger partial charge in [0.25, 0.3) is 11.8 Å². The van der Waals surface area contributed by atoms with E-state index in [2.05, 4.69) is 10.6 Å². The van der Waals surface area contributed by atoms with E-state index in [1.165, 1.54) is 0 Å². The predicted octanol–water partition coefficient (Wildman–Crippen LogP) is 1.59. The molecular formula is C30H41N5O9. The van der Waals surface area contributed by atoms with Gasteiger partial charge in [0, 0.05) is 0 Å². The number of benzene rings is 2. The van der Waals surface area contributed by atoms with E-state index >= 15 is 0 Å². The van der Waals surface area contributed by atoms with Crippen LogP contribution in [0.15, 0.2) is 60.7 Å². The summed E-state index contributed by atoms with van der Waals surface area (Å²) in [5.41, 5.74) is 12.5. The molecule has 2 rings (SSSR count). The lowest BCUT2D eigenvalue weighted by Gasteiger charge is -2.31. The number of carboxylic acids is 1. The van der Waals surface area contributed by atoms with Crippen molar-refractivity contribution in [2.24, 2.45) is 11.5 Å². The summed E-state index contributed by atoms with van der Waals surface area (Å²) in [6.45, 7) is 0.319. The smallest absolute Gasteiger partial charge is 0.408 e. The molecule has 2 aromatic rings. The van der Waals surface area contributed by atoms with Crippen LogP contribution in [0.3, 0.4) is 0 Å². The lowest BCUT2D eigenvalue weighted by molar-refractivity contribution is -0.173. The van der Waals surface area contributed by atoms with Crippen molar-refractivity contribution in [2.75, 3.05) is 13.1 Å². The normalized spacial score (nSPS) is 12.7. The van der Waals surface area contributed by atoms with Crippen molar-refractivity contribution in [3.63, 3.8) is 0 Å². The Morgan fingerprint density at radius 2 is 1.07 bits per heavy atom. The van der Waals surface area contributed by atoms with Crippen molar-refractivity contribution in [1.29, 1.82) is 0 Å². The van der Waals surface area contributed by atoms with Crippen LogP contribution in [-0.2, 0) is 37.1 Å². The molecule has 0 aliphatic carbocycles. The Morgan fingerprint density at radius 1 is 0.682 bits per heavy atom. The van der Waals surface area contributed by atoms with E-state index in [-0.39, 0.29) is 44.0 Å². The van der Waals surface area contributed by atoms with Crippen molar-refractivity contribution < 1.29 is 43.7 Å². The minimum atomic E-state index is -2.62. The molecule has 0 saturated carbocycles. The van der Waals surface area contributed by atoms with E-state index in [0.717, 1.165) is 0 Å². The van der Waals surface area contributed by atoms with Crippen molar-refractivity contribution in [3.05, 3.63) is 71.8 Å². The fraction of sp³-hybridized carbons (Fsp3) is 0.433. The molecule has 4 amide bonds. The summed E-state index contributed by atoms with van der Waals surface area (Å²) in [5, 5.41) is 24.8. The minimum Gasteiger partial charge on any atom is -0.478 e. The zero-order valence-corrected chi connectivity index (χ0v) is 24.4. The number of aliphatic hydroxyl groups excluding tert-OH is 1. The van der Waals surface area contributed by atoms with Crippen LogP contribution in [0.5, 0.6) is 0 Å². The molecule has 240 valence electrons. The van der Waals surface area contributed by atoms with Crippen LogP contribution < -0.4 is 22.1 Å². The molecule has 1 unspecified atom stereocenters. The molecule has 0 aliphatic heterocycles. The van der Waals surface area contributed by atoms with Crippen LogP contribution in [0.25, 0.3) is 0 Å². The van der Waals surface area contributed by atoms with E-state index in [0.29, 0.717) is 36.8 Å². The molecule has 0 saturated heterocycles. The summed E-state index contributed by atoms with van der Waals surface area (Å²) >= 11 is 0. The van der Waals surface area contributed by atoms with E-state index < -0.39 is 48.3 Å². The molecule has 0 aliphatic rings. The molecule has 0 spiro atoms. The number of aliphatic carboxylic acids is 1. The molecule has 14 heteroatoms. The fourth-order valence-electron chi connectivity index (χ4n) is 4.11. The number of imide groups is 1. The van der Waals surface area contributed by atoms with Gasteiger partial charge in [0.15, 0.2) is 0 Å². The number of rotatable bonds is 18. The third-order valence-corrected chi connectivity index (χ3v) is 6.44. The van der Waals surface area contributed by atoms with Gasteiger partial charge in [0.1, 0.15) is 25.3 Å². The van der Waals surface area contributed by atoms with Crippen LogP contribution in [0.4, 0.5) is 9.59 Å². The number of ether oxygens (including phenoxy) is 2. The Labute approximate surface area is 255 Å². The third-order valence-electron chi connectivity index (χ3n) is 6.44. The first-order chi connectivity index (χ1) is 21.2. The van der Waals surface area contributed by atoms with Crippen LogP contribution in [-0.4, -0.2) is 76.5 Å². The summed E-state index contributed by atoms with van der Waals surface area (Å²) in [6.07, 6.45) is -3.16. The van der Waals surface area contributed by atoms with Gasteiger partial charge >= 0.3 is 18.2 Å². The molecule has 0 fully saturated rings. The van der Waals surface area contributed by atoms with Crippen LogP contribution >= 0.6 is 0 Å². The number of amides is 4. The average molecular weight is 616 g/mol. The predicted molar refractivity (Wildman–Crippen MR) is 158 cm³/mol. The molecule has 0 heterocycles. The van der Waals surface area contributed by atoms with Crippen LogP contribution in [0.1, 0.15) is 49.7 Å². The Morgan fingerprint density at radius 3 is 1.41 bits per heavy atom. The summed E-state index contributed by atoms with van der Waals surface area (Å²) in [4.78, 5) is 64.6. The lowest BCUT2D eigenvalue weighted by Crippen LogP contribution is -2.60. The number of unbranched alkanes of at least 4 members (excludes halogenated alkanes) is 2. The Bertz CT molecular complexity index is 1120. The number of hydrogen-bond acceptors (Lipinski definition) is 10. The summed E-state index contributed by atoms with van der Waals surface area (Å²) in [5.74, 6) is -4.31. The van der Waals surface area contributed by atoms with Crippen molar-refractivity contribution in [1.82, 2.24) is 15.5 Å². The highest BCUT2D eigenvalue weighted by atomic mass is 16.6. The second-order valence-electron chi connectivity index (χ2n) is 9.84. The number of carbonyl (C=O) groups excluding carboxylic acids is 4. The molecule has 0 aromatic heterocycles. The number of hydrogen-bond donors (Lipinski definition) is 6. The molecule has 0 bridgehead atoms. The van der Waals surface area contributed by atoms with Gasteiger partial charge in [-0.3, -0.25) is 9.59 Å². The molecular weight excluding hydrogens is 574 g/mol. The van der Waals surface area contributed by atoms with E-state index in [4.69, 9.17) is 20.9 Å². The van der Waals surface area contributed by atoms with Gasteiger partial charge in [0.2, 0.25) is 6.23 Å². The third kappa shape index (κ3) is 12.4. The SMILES string of the molecule is NCCCC[C@H](NC(=O)OCc1ccccc1)C(=O)N(C(=O)[C@H](CCCCN)NC(=O)OCc1ccccc1)C(O)C(=O)O. The van der Waals surface area contributed by atoms with Crippen LogP contribution in [0, 0.1) is 0 Å². The maximum atomic E-state index is 13.7. The van der Waals surface area contributed by atoms with E-state index in [1.807, 2.05) is 0 Å². The summed E-state index contributed by atoms with van der Waals surface area (Å²) in [6, 6.07) is 14.6. The largest absolute Gasteiger partial charge is 0.478 e. The van der Waals surface area contributed by atoms with E-state index in [9.17, 15) is 34.2 Å². The molecule has 8 N–H and O–H groups in total. The first-order valence-electron chi connectivity index (χ1n) is 14.3. The topological polar surface area (TPSA) is 224 Å². The van der Waals surface area contributed by atoms with Crippen LogP contribution in [0.2, 0.25) is 0 Å². The second-order valence-corrected chi connectivity index (χ2v) is 9.84. The number of carbonyl (C=O) groups is 5. The first kappa shape index (κ1) is 35.7. The molecule has 44 heavy (non-hydrogen) atoms. The number of alkyl carbamates (subject to hydrolysis) is 2. The number of nitrogens with two attached hydrogens (primary N) is 2. The maximum absolute atomic E-state index is 13.7. The van der Waals surface area contributed by atoms with Gasteiger partial charge in [-0.2, -0.15) is 0 Å². The summed E-state index contributed by atoms with van der Waals surface area (Å²) < 4.78 is 10.4. The average Bonchev–Trinajstić information content (AvgIpc) is 3.02. The lowest BCUT2D eigenvalue weighted by atomic mass is 10.0. The molecule has 14 nitrogen and oxygen atoms in total. The number of aliphatic hydroxyl groups is 1. The quantitative estimate of drug-likeness (QED) is 0.104. The van der Waals surface area contributed by atoms with Gasteiger partial charge in [-0.15, -0.1) is 0 Å². The first-order valence-corrected chi connectivity index (χ1v) is 14.3. The molecule has 3 atom stereocenters. The zero-order valence-electron chi connectivity index (χ0n) is 24.4. The molecule has 2 aromatic carbocycles. The summed E-state index contributed by atoms with van der Waals surface area (Å²) in [7, 11) is 0. The minimum absolute atomic E-state index is 0.0447. The van der Waals surface area contributed by atoms with Crippen molar-refractivity contribution in [2.45, 2.75) is 70.1 Å². The number of carboxylic acid groups (broad SMARTS) is 1. The Balaban J connectivity index is 2.26. The standard InChI is InChI=1S/C30H41N5O9/c31-17-9-7-15-23(33-29(41)43-19-21-11-3-1-4-12-21)25(36)35(27(38)28(39)40)26(37)24(16-8-10-18-32)34-30(42)44-20-22-13-5-2-6-14-22/h1-6,11-14,23-24,27,38H,7-10,15-20,31-32H2,(H,33,41)(H,34,42)(H,39,40)/t23-,24-,27?/m0/s1. The van der Waals surface area contributed by atoms with Gasteiger partial charge in [0.05, 0.1) is 0 Å². The van der Waals surface area contributed by atoms with Crippen molar-refractivity contribution in [3.8, 4) is 0 Å². The molecule has 0 radical (unpaired) electrons.